The molecule has 1 aliphatic heterocycles. The van der Waals surface area contributed by atoms with Gasteiger partial charge in [0, 0.05) is 19.0 Å². The molecule has 25 heavy (non-hydrogen) atoms. The molecule has 7 heteroatoms. The molecule has 3 rings (SSSR count). The quantitative estimate of drug-likeness (QED) is 0.805. The number of hydrogen-bond donors (Lipinski definition) is 2. The Morgan fingerprint density at radius 3 is 2.88 bits per heavy atom. The summed E-state index contributed by atoms with van der Waals surface area (Å²) in [5, 5.41) is 11.1. The normalized spacial score (nSPS) is 14.5. The zero-order valence-electron chi connectivity index (χ0n) is 14.4. The molecule has 0 atom stereocenters. The van der Waals surface area contributed by atoms with Gasteiger partial charge in [-0.05, 0) is 25.1 Å². The van der Waals surface area contributed by atoms with Crippen molar-refractivity contribution in [1.29, 1.82) is 0 Å². The smallest absolute Gasteiger partial charge is 0.291 e. The summed E-state index contributed by atoms with van der Waals surface area (Å²) in [4.78, 5) is 16.9. The summed E-state index contributed by atoms with van der Waals surface area (Å²) in [5.41, 5.74) is 1.95. The highest BCUT2D eigenvalue weighted by Gasteiger charge is 2.20. The highest BCUT2D eigenvalue weighted by atomic mass is 35.5. The molecule has 2 aromatic rings. The highest BCUT2D eigenvalue weighted by molar-refractivity contribution is 6.32. The Morgan fingerprint density at radius 2 is 2.20 bits per heavy atom. The van der Waals surface area contributed by atoms with Crippen molar-refractivity contribution in [2.24, 2.45) is 0 Å². The zero-order valence-corrected chi connectivity index (χ0v) is 15.2. The zero-order chi connectivity index (χ0) is 17.8. The fraction of sp³-hybridized carbons (Fsp3) is 0.389. The fourth-order valence-electron chi connectivity index (χ4n) is 2.70. The molecule has 1 aromatic carbocycles. The average molecular weight is 360 g/mol. The monoisotopic (exact) mass is 359 g/mol. The van der Waals surface area contributed by atoms with Crippen molar-refractivity contribution < 1.29 is 4.79 Å². The number of para-hydroxylation sites is 1. The Bertz CT molecular complexity index is 797. The lowest BCUT2D eigenvalue weighted by Gasteiger charge is -2.13. The van der Waals surface area contributed by atoms with Crippen LogP contribution in [-0.2, 0) is 0 Å². The third kappa shape index (κ3) is 4.08. The minimum atomic E-state index is -0.271. The maximum atomic E-state index is 12.5. The maximum Gasteiger partial charge on any atom is 0.291 e. The predicted octanol–water partition coefficient (Wildman–Crippen LogP) is 2.69. The van der Waals surface area contributed by atoms with Crippen molar-refractivity contribution in [3.8, 4) is 5.69 Å². The van der Waals surface area contributed by atoms with Crippen molar-refractivity contribution in [1.82, 2.24) is 25.4 Å². The Kier molecular flexibility index (Phi) is 5.50. The van der Waals surface area contributed by atoms with Crippen LogP contribution in [-0.4, -0.2) is 40.3 Å². The number of nitrogens with one attached hydrogen (secondary N) is 2. The van der Waals surface area contributed by atoms with E-state index in [1.54, 1.807) is 10.7 Å². The number of nitrogens with zero attached hydrogens (tertiary/aromatic N) is 3. The van der Waals surface area contributed by atoms with Crippen LogP contribution in [0.1, 0.15) is 42.6 Å². The van der Waals surface area contributed by atoms with Crippen molar-refractivity contribution >= 4 is 17.5 Å². The first-order valence-electron chi connectivity index (χ1n) is 8.45. The van der Waals surface area contributed by atoms with Gasteiger partial charge in [-0.25, -0.2) is 9.67 Å². The third-order valence-corrected chi connectivity index (χ3v) is 4.39. The van der Waals surface area contributed by atoms with Gasteiger partial charge >= 0.3 is 0 Å². The van der Waals surface area contributed by atoms with E-state index in [0.29, 0.717) is 17.4 Å². The molecule has 0 fully saturated rings. The first-order valence-corrected chi connectivity index (χ1v) is 8.82. The van der Waals surface area contributed by atoms with Crippen LogP contribution in [0.5, 0.6) is 0 Å². The summed E-state index contributed by atoms with van der Waals surface area (Å²) >= 11 is 6.28. The van der Waals surface area contributed by atoms with Gasteiger partial charge in [0.15, 0.2) is 0 Å². The van der Waals surface area contributed by atoms with E-state index in [2.05, 4.69) is 26.8 Å². The summed E-state index contributed by atoms with van der Waals surface area (Å²) in [7, 11) is 0. The van der Waals surface area contributed by atoms with Crippen LogP contribution >= 0.6 is 11.6 Å². The van der Waals surface area contributed by atoms with Crippen molar-refractivity contribution in [3.63, 3.8) is 0 Å². The first kappa shape index (κ1) is 17.6. The predicted molar refractivity (Wildman–Crippen MR) is 98.4 cm³/mol. The number of aromatic nitrogens is 3. The Hall–Kier alpha value is -2.18. The Morgan fingerprint density at radius 1 is 1.40 bits per heavy atom. The van der Waals surface area contributed by atoms with E-state index in [9.17, 15) is 4.79 Å². The molecule has 0 aliphatic carbocycles. The van der Waals surface area contributed by atoms with Crippen LogP contribution in [0.2, 0.25) is 5.02 Å². The molecule has 0 radical (unpaired) electrons. The van der Waals surface area contributed by atoms with E-state index < -0.39 is 0 Å². The van der Waals surface area contributed by atoms with Crippen LogP contribution in [0, 0.1) is 0 Å². The molecule has 6 nitrogen and oxygen atoms in total. The van der Waals surface area contributed by atoms with E-state index in [1.807, 2.05) is 32.0 Å². The molecule has 1 aliphatic rings. The van der Waals surface area contributed by atoms with Gasteiger partial charge in [-0.1, -0.05) is 49.2 Å². The first-order chi connectivity index (χ1) is 12.1. The largest absolute Gasteiger partial charge is 0.346 e. The van der Waals surface area contributed by atoms with Crippen LogP contribution in [0.25, 0.3) is 5.69 Å². The number of benzene rings is 1. The van der Waals surface area contributed by atoms with E-state index in [0.717, 1.165) is 25.2 Å². The third-order valence-electron chi connectivity index (χ3n) is 4.07. The highest BCUT2D eigenvalue weighted by Crippen LogP contribution is 2.23. The Balaban J connectivity index is 1.82. The number of carbonyl (C=O) groups excluding carboxylic acids is 1. The Labute approximate surface area is 152 Å². The molecular weight excluding hydrogens is 338 g/mol. The summed E-state index contributed by atoms with van der Waals surface area (Å²) in [6.45, 7) is 6.34. The molecule has 1 amide bonds. The maximum absolute atomic E-state index is 12.5. The SMILES string of the molecule is CC(C)c1nc(C(=O)NCC2=CCNCC2)nn1-c1ccccc1Cl. The molecule has 0 spiro atoms. The summed E-state index contributed by atoms with van der Waals surface area (Å²) < 4.78 is 1.66. The molecule has 0 saturated carbocycles. The van der Waals surface area contributed by atoms with Crippen molar-refractivity contribution in [2.45, 2.75) is 26.2 Å². The number of carbonyl (C=O) groups is 1. The number of halogens is 1. The molecular formula is C18H22ClN5O. The van der Waals surface area contributed by atoms with Gasteiger partial charge in [-0.15, -0.1) is 5.10 Å². The second kappa shape index (κ2) is 7.80. The second-order valence-electron chi connectivity index (χ2n) is 6.31. The van der Waals surface area contributed by atoms with Gasteiger partial charge < -0.3 is 10.6 Å². The van der Waals surface area contributed by atoms with E-state index in [4.69, 9.17) is 11.6 Å². The molecule has 2 N–H and O–H groups in total. The van der Waals surface area contributed by atoms with Gasteiger partial charge in [-0.2, -0.15) is 0 Å². The topological polar surface area (TPSA) is 71.8 Å². The summed E-state index contributed by atoms with van der Waals surface area (Å²) in [6.07, 6.45) is 3.05. The summed E-state index contributed by atoms with van der Waals surface area (Å²) in [6, 6.07) is 7.41. The molecule has 0 bridgehead atoms. The van der Waals surface area contributed by atoms with Gasteiger partial charge in [0.1, 0.15) is 5.82 Å². The van der Waals surface area contributed by atoms with Gasteiger partial charge in [0.25, 0.3) is 5.91 Å². The fourth-order valence-corrected chi connectivity index (χ4v) is 2.91. The molecule has 0 saturated heterocycles. The van der Waals surface area contributed by atoms with Crippen LogP contribution in [0.4, 0.5) is 0 Å². The molecule has 132 valence electrons. The minimum Gasteiger partial charge on any atom is -0.346 e. The number of hydrogen-bond acceptors (Lipinski definition) is 4. The van der Waals surface area contributed by atoms with Gasteiger partial charge in [-0.3, -0.25) is 4.79 Å². The lowest BCUT2D eigenvalue weighted by molar-refractivity contribution is 0.0946. The van der Waals surface area contributed by atoms with E-state index >= 15 is 0 Å². The lowest BCUT2D eigenvalue weighted by Crippen LogP contribution is -2.30. The van der Waals surface area contributed by atoms with Crippen LogP contribution < -0.4 is 10.6 Å². The molecule has 2 heterocycles. The van der Waals surface area contributed by atoms with Gasteiger partial charge in [0.05, 0.1) is 10.7 Å². The second-order valence-corrected chi connectivity index (χ2v) is 6.72. The molecule has 1 aromatic heterocycles. The lowest BCUT2D eigenvalue weighted by atomic mass is 10.1. The minimum absolute atomic E-state index is 0.109. The average Bonchev–Trinajstić information content (AvgIpc) is 3.06. The van der Waals surface area contributed by atoms with E-state index in [-0.39, 0.29) is 17.6 Å². The van der Waals surface area contributed by atoms with Crippen molar-refractivity contribution in [2.75, 3.05) is 19.6 Å². The van der Waals surface area contributed by atoms with E-state index in [1.165, 1.54) is 5.57 Å². The number of amides is 1. The number of rotatable bonds is 5. The summed E-state index contributed by atoms with van der Waals surface area (Å²) in [5.74, 6) is 0.710. The van der Waals surface area contributed by atoms with Crippen LogP contribution in [0.3, 0.4) is 0 Å². The standard InChI is InChI=1S/C18H22ClN5O/c1-12(2)17-22-16(18(25)21-11-13-7-9-20-10-8-13)23-24(17)15-6-4-3-5-14(15)19/h3-7,12,20H,8-11H2,1-2H3,(H,21,25). The van der Waals surface area contributed by atoms with Crippen molar-refractivity contribution in [3.05, 3.63) is 52.6 Å². The van der Waals surface area contributed by atoms with Gasteiger partial charge in [0.2, 0.25) is 5.82 Å². The van der Waals surface area contributed by atoms with Crippen LogP contribution in [0.15, 0.2) is 35.9 Å². The molecule has 0 unspecified atom stereocenters.